The maximum absolute atomic E-state index is 12.5. The van der Waals surface area contributed by atoms with Gasteiger partial charge in [-0.2, -0.15) is 0 Å². The van der Waals surface area contributed by atoms with E-state index >= 15 is 0 Å². The number of urea groups is 1. The number of nitrogens with two attached hydrogens (primary N) is 1. The van der Waals surface area contributed by atoms with Crippen molar-refractivity contribution in [3.8, 4) is 0 Å². The summed E-state index contributed by atoms with van der Waals surface area (Å²) in [6.45, 7) is 4.83. The number of carbonyl (C=O) groups is 2. The average molecular weight is 349 g/mol. The summed E-state index contributed by atoms with van der Waals surface area (Å²) in [7, 11) is 0. The van der Waals surface area contributed by atoms with Crippen LogP contribution in [0, 0.1) is 11.8 Å². The molecule has 3 heterocycles. The number of likely N-dealkylation sites (tertiary alicyclic amines) is 3. The summed E-state index contributed by atoms with van der Waals surface area (Å²) in [6, 6.07) is 0.649. The summed E-state index contributed by atoms with van der Waals surface area (Å²) in [5.74, 6) is 1.31. The fourth-order valence-corrected chi connectivity index (χ4v) is 5.17. The van der Waals surface area contributed by atoms with Crippen LogP contribution in [0.1, 0.15) is 38.5 Å². The van der Waals surface area contributed by atoms with E-state index in [1.54, 1.807) is 4.90 Å². The Morgan fingerprint density at radius 3 is 2.24 bits per heavy atom. The number of rotatable bonds is 3. The first-order valence-electron chi connectivity index (χ1n) is 9.94. The van der Waals surface area contributed by atoms with Crippen LogP contribution < -0.4 is 11.1 Å². The molecule has 3 aliphatic heterocycles. The summed E-state index contributed by atoms with van der Waals surface area (Å²) in [5.41, 5.74) is 5.97. The molecule has 1 aliphatic carbocycles. The predicted molar refractivity (Wildman–Crippen MR) is 94.7 cm³/mol. The lowest BCUT2D eigenvalue weighted by Crippen LogP contribution is -2.46. The molecule has 7 heteroatoms. The molecule has 0 bridgehead atoms. The Morgan fingerprint density at radius 1 is 0.960 bits per heavy atom. The second kappa shape index (κ2) is 7.11. The lowest BCUT2D eigenvalue weighted by Gasteiger charge is -2.26. The molecule has 140 valence electrons. The van der Waals surface area contributed by atoms with Gasteiger partial charge in [-0.3, -0.25) is 4.79 Å². The van der Waals surface area contributed by atoms with Crippen LogP contribution in [-0.2, 0) is 4.79 Å². The van der Waals surface area contributed by atoms with Gasteiger partial charge in [0.05, 0.1) is 12.7 Å². The summed E-state index contributed by atoms with van der Waals surface area (Å²) in [6.07, 6.45) is 6.28. The molecular formula is C18H31N5O2. The van der Waals surface area contributed by atoms with E-state index in [2.05, 4.69) is 10.2 Å². The molecule has 3 N–H and O–H groups in total. The largest absolute Gasteiger partial charge is 0.326 e. The molecule has 25 heavy (non-hydrogen) atoms. The summed E-state index contributed by atoms with van der Waals surface area (Å²) in [5, 5.41) is 3.45. The Bertz CT molecular complexity index is 508. The van der Waals surface area contributed by atoms with Crippen molar-refractivity contribution in [2.45, 2.75) is 50.7 Å². The average Bonchev–Trinajstić information content (AvgIpc) is 3.35. The highest BCUT2D eigenvalue weighted by molar-refractivity contribution is 5.78. The second-order valence-electron chi connectivity index (χ2n) is 8.25. The van der Waals surface area contributed by atoms with E-state index in [0.717, 1.165) is 71.2 Å². The van der Waals surface area contributed by atoms with Crippen LogP contribution in [0.15, 0.2) is 0 Å². The van der Waals surface area contributed by atoms with Crippen molar-refractivity contribution >= 4 is 11.9 Å². The number of nitrogens with zero attached hydrogens (tertiary/aromatic N) is 3. The van der Waals surface area contributed by atoms with E-state index in [4.69, 9.17) is 5.73 Å². The molecule has 4 atom stereocenters. The maximum atomic E-state index is 12.5. The van der Waals surface area contributed by atoms with Gasteiger partial charge in [-0.05, 0) is 50.4 Å². The van der Waals surface area contributed by atoms with Crippen LogP contribution in [0.2, 0.25) is 0 Å². The zero-order valence-corrected chi connectivity index (χ0v) is 15.0. The third-order valence-electron chi connectivity index (χ3n) is 6.56. The normalized spacial score (nSPS) is 34.8. The standard InChI is InChI=1S/C18H31N5O2/c19-16-4-3-7-23(16)17(24)10-20-15-8-13-11-22(12-14(13)9-15)18(25)21-5-1-2-6-21/h13-16,20H,1-12,19H2/t13-,14+,15-,16-/m0/s1. The topological polar surface area (TPSA) is 81.9 Å². The molecule has 0 aromatic heterocycles. The molecule has 1 saturated carbocycles. The molecule has 0 unspecified atom stereocenters. The van der Waals surface area contributed by atoms with Gasteiger partial charge in [0.25, 0.3) is 0 Å². The van der Waals surface area contributed by atoms with Crippen LogP contribution in [0.3, 0.4) is 0 Å². The number of fused-ring (bicyclic) bond motifs is 1. The Balaban J connectivity index is 1.21. The number of nitrogens with one attached hydrogen (secondary N) is 1. The van der Waals surface area contributed by atoms with Crippen LogP contribution in [0.25, 0.3) is 0 Å². The van der Waals surface area contributed by atoms with E-state index in [1.165, 1.54) is 0 Å². The highest BCUT2D eigenvalue weighted by Crippen LogP contribution is 2.38. The number of hydrogen-bond acceptors (Lipinski definition) is 4. The molecule has 3 amide bonds. The summed E-state index contributed by atoms with van der Waals surface area (Å²) in [4.78, 5) is 30.7. The third-order valence-corrected chi connectivity index (χ3v) is 6.56. The molecule has 4 aliphatic rings. The Labute approximate surface area is 149 Å². The van der Waals surface area contributed by atoms with E-state index in [1.807, 2.05) is 4.90 Å². The zero-order chi connectivity index (χ0) is 17.4. The van der Waals surface area contributed by atoms with Crippen molar-refractivity contribution in [1.29, 1.82) is 0 Å². The van der Waals surface area contributed by atoms with Gasteiger partial charge in [-0.25, -0.2) is 4.79 Å². The van der Waals surface area contributed by atoms with Crippen LogP contribution in [0.4, 0.5) is 4.79 Å². The van der Waals surface area contributed by atoms with Gasteiger partial charge in [0.15, 0.2) is 0 Å². The van der Waals surface area contributed by atoms with Gasteiger partial charge < -0.3 is 25.8 Å². The number of amides is 3. The Kier molecular flexibility index (Phi) is 4.86. The van der Waals surface area contributed by atoms with Gasteiger partial charge in [0.1, 0.15) is 0 Å². The molecule has 4 rings (SSSR count). The van der Waals surface area contributed by atoms with Gasteiger partial charge in [0.2, 0.25) is 5.91 Å². The first-order valence-corrected chi connectivity index (χ1v) is 9.94. The van der Waals surface area contributed by atoms with Crippen LogP contribution in [0.5, 0.6) is 0 Å². The van der Waals surface area contributed by atoms with E-state index in [0.29, 0.717) is 24.4 Å². The van der Waals surface area contributed by atoms with Gasteiger partial charge >= 0.3 is 6.03 Å². The zero-order valence-electron chi connectivity index (χ0n) is 15.0. The summed E-state index contributed by atoms with van der Waals surface area (Å²) >= 11 is 0. The highest BCUT2D eigenvalue weighted by atomic mass is 16.2. The van der Waals surface area contributed by atoms with Crippen molar-refractivity contribution in [3.05, 3.63) is 0 Å². The first-order chi connectivity index (χ1) is 12.1. The minimum atomic E-state index is -0.0950. The minimum absolute atomic E-state index is 0.0950. The smallest absolute Gasteiger partial charge is 0.320 e. The lowest BCUT2D eigenvalue weighted by molar-refractivity contribution is -0.131. The lowest BCUT2D eigenvalue weighted by atomic mass is 10.0. The Morgan fingerprint density at radius 2 is 1.64 bits per heavy atom. The Hall–Kier alpha value is -1.34. The number of carbonyl (C=O) groups excluding carboxylic acids is 2. The van der Waals surface area contributed by atoms with Crippen molar-refractivity contribution in [2.24, 2.45) is 17.6 Å². The van der Waals surface area contributed by atoms with E-state index < -0.39 is 0 Å². The monoisotopic (exact) mass is 349 g/mol. The molecule has 0 aromatic carbocycles. The quantitative estimate of drug-likeness (QED) is 0.773. The van der Waals surface area contributed by atoms with Crippen molar-refractivity contribution in [3.63, 3.8) is 0 Å². The highest BCUT2D eigenvalue weighted by Gasteiger charge is 2.43. The van der Waals surface area contributed by atoms with E-state index in [-0.39, 0.29) is 18.1 Å². The third kappa shape index (κ3) is 3.49. The number of hydrogen-bond donors (Lipinski definition) is 2. The van der Waals surface area contributed by atoms with Crippen molar-refractivity contribution in [2.75, 3.05) is 39.3 Å². The van der Waals surface area contributed by atoms with Crippen molar-refractivity contribution in [1.82, 2.24) is 20.0 Å². The van der Waals surface area contributed by atoms with Gasteiger partial charge in [-0.15, -0.1) is 0 Å². The molecule has 7 nitrogen and oxygen atoms in total. The second-order valence-corrected chi connectivity index (χ2v) is 8.25. The molecule has 0 radical (unpaired) electrons. The van der Waals surface area contributed by atoms with Crippen LogP contribution in [-0.4, -0.2) is 78.1 Å². The predicted octanol–water partition coefficient (Wildman–Crippen LogP) is 0.409. The van der Waals surface area contributed by atoms with Crippen LogP contribution >= 0.6 is 0 Å². The van der Waals surface area contributed by atoms with Gasteiger partial charge in [0, 0.05) is 38.8 Å². The SMILES string of the molecule is N[C@@H]1CCCN1C(=O)CN[C@@H]1C[C@@H]2CN(C(=O)N3CCCC3)C[C@@H]2C1. The fraction of sp³-hybridized carbons (Fsp3) is 0.889. The van der Waals surface area contributed by atoms with E-state index in [9.17, 15) is 9.59 Å². The van der Waals surface area contributed by atoms with Gasteiger partial charge in [-0.1, -0.05) is 0 Å². The summed E-state index contributed by atoms with van der Waals surface area (Å²) < 4.78 is 0. The molecule has 4 fully saturated rings. The molecule has 0 aromatic rings. The molecule has 0 spiro atoms. The fourth-order valence-electron chi connectivity index (χ4n) is 5.17. The minimum Gasteiger partial charge on any atom is -0.326 e. The first kappa shape index (κ1) is 17.1. The van der Waals surface area contributed by atoms with Crippen molar-refractivity contribution < 1.29 is 9.59 Å². The maximum Gasteiger partial charge on any atom is 0.320 e. The molecular weight excluding hydrogens is 318 g/mol. The molecule has 3 saturated heterocycles.